The molecule has 3 aromatic rings. The zero-order valence-electron chi connectivity index (χ0n) is 14.0. The molecule has 0 aliphatic heterocycles. The molecule has 0 bridgehead atoms. The molecule has 1 aromatic heterocycles. The molecule has 2 N–H and O–H groups in total. The molecule has 0 fully saturated rings. The Kier molecular flexibility index (Phi) is 5.43. The van der Waals surface area contributed by atoms with Crippen LogP contribution in [0, 0.1) is 0 Å². The molecular formula is C18H13F3N2O3S2. The first-order valence-electron chi connectivity index (χ1n) is 7.81. The van der Waals surface area contributed by atoms with E-state index in [9.17, 15) is 26.4 Å². The summed E-state index contributed by atoms with van der Waals surface area (Å²) >= 11 is 1.06. The molecule has 0 saturated carbocycles. The van der Waals surface area contributed by atoms with Crippen molar-refractivity contribution in [1.82, 2.24) is 0 Å². The number of alkyl halides is 3. The maximum absolute atomic E-state index is 13.0. The highest BCUT2D eigenvalue weighted by atomic mass is 32.2. The summed E-state index contributed by atoms with van der Waals surface area (Å²) in [6, 6.07) is 13.0. The van der Waals surface area contributed by atoms with Crippen molar-refractivity contribution in [2.24, 2.45) is 0 Å². The minimum atomic E-state index is -4.60. The fourth-order valence-corrected chi connectivity index (χ4v) is 4.40. The molecule has 0 aliphatic rings. The van der Waals surface area contributed by atoms with Crippen molar-refractivity contribution < 1.29 is 26.4 Å². The predicted molar refractivity (Wildman–Crippen MR) is 101 cm³/mol. The molecule has 0 atom stereocenters. The fraction of sp³-hybridized carbons (Fsp3) is 0.0556. The molecule has 0 radical (unpaired) electrons. The molecule has 0 unspecified atom stereocenters. The minimum Gasteiger partial charge on any atom is -0.321 e. The van der Waals surface area contributed by atoms with Gasteiger partial charge in [0, 0.05) is 11.3 Å². The third kappa shape index (κ3) is 4.52. The van der Waals surface area contributed by atoms with Gasteiger partial charge in [0.2, 0.25) is 0 Å². The second-order valence-corrected chi connectivity index (χ2v) is 8.47. The average molecular weight is 426 g/mol. The molecular weight excluding hydrogens is 413 g/mol. The van der Waals surface area contributed by atoms with Crippen LogP contribution in [0.1, 0.15) is 15.9 Å². The van der Waals surface area contributed by atoms with Crippen LogP contribution in [0.3, 0.4) is 0 Å². The number of hydrogen-bond donors (Lipinski definition) is 2. The van der Waals surface area contributed by atoms with Crippen molar-refractivity contribution in [2.75, 3.05) is 10.0 Å². The molecule has 2 aromatic carbocycles. The molecule has 3 rings (SSSR count). The van der Waals surface area contributed by atoms with Crippen molar-refractivity contribution >= 4 is 38.6 Å². The van der Waals surface area contributed by atoms with E-state index >= 15 is 0 Å². The standard InChI is InChI=1S/C18H13F3N2O3S2/c19-18(20,21)14-4-1-2-5-15(14)22-17(24)12-7-9-13(10-8-12)23-28(25,26)16-6-3-11-27-16/h1-11,23H,(H,22,24). The Morgan fingerprint density at radius 3 is 2.21 bits per heavy atom. The fourth-order valence-electron chi connectivity index (χ4n) is 2.35. The van der Waals surface area contributed by atoms with Crippen LogP contribution in [0.4, 0.5) is 24.5 Å². The second-order valence-electron chi connectivity index (χ2n) is 5.61. The Labute approximate surface area is 162 Å². The Bertz CT molecular complexity index is 1080. The molecule has 28 heavy (non-hydrogen) atoms. The summed E-state index contributed by atoms with van der Waals surface area (Å²) in [7, 11) is -3.73. The highest BCUT2D eigenvalue weighted by Gasteiger charge is 2.33. The van der Waals surface area contributed by atoms with E-state index in [1.165, 1.54) is 42.5 Å². The number of nitrogens with one attached hydrogen (secondary N) is 2. The van der Waals surface area contributed by atoms with Gasteiger partial charge in [-0.05, 0) is 47.8 Å². The van der Waals surface area contributed by atoms with Crippen LogP contribution < -0.4 is 10.0 Å². The van der Waals surface area contributed by atoms with Gasteiger partial charge in [-0.25, -0.2) is 8.42 Å². The maximum atomic E-state index is 13.0. The van der Waals surface area contributed by atoms with Crippen LogP contribution in [0.5, 0.6) is 0 Å². The largest absolute Gasteiger partial charge is 0.418 e. The Hall–Kier alpha value is -2.85. The Morgan fingerprint density at radius 2 is 1.61 bits per heavy atom. The lowest BCUT2D eigenvalue weighted by Gasteiger charge is -2.13. The number of para-hydroxylation sites is 1. The topological polar surface area (TPSA) is 75.3 Å². The lowest BCUT2D eigenvalue weighted by Crippen LogP contribution is -2.17. The van der Waals surface area contributed by atoms with Crippen molar-refractivity contribution in [3.05, 3.63) is 77.2 Å². The number of rotatable bonds is 5. The lowest BCUT2D eigenvalue weighted by atomic mass is 10.1. The van der Waals surface area contributed by atoms with E-state index in [0.29, 0.717) is 0 Å². The van der Waals surface area contributed by atoms with E-state index in [0.717, 1.165) is 23.5 Å². The normalized spacial score (nSPS) is 11.8. The zero-order valence-corrected chi connectivity index (χ0v) is 15.7. The SMILES string of the molecule is O=C(Nc1ccccc1C(F)(F)F)c1ccc(NS(=O)(=O)c2cccs2)cc1. The Morgan fingerprint density at radius 1 is 0.929 bits per heavy atom. The molecule has 146 valence electrons. The van der Waals surface area contributed by atoms with E-state index in [1.54, 1.807) is 11.4 Å². The van der Waals surface area contributed by atoms with Gasteiger partial charge in [-0.15, -0.1) is 11.3 Å². The zero-order chi connectivity index (χ0) is 20.4. The van der Waals surface area contributed by atoms with E-state index in [4.69, 9.17) is 0 Å². The number of halogens is 3. The summed E-state index contributed by atoms with van der Waals surface area (Å²) in [5.74, 6) is -0.746. The molecule has 0 saturated heterocycles. The van der Waals surface area contributed by atoms with Crippen LogP contribution in [-0.4, -0.2) is 14.3 Å². The molecule has 1 heterocycles. The number of carbonyl (C=O) groups is 1. The highest BCUT2D eigenvalue weighted by molar-refractivity contribution is 7.94. The third-order valence-electron chi connectivity index (χ3n) is 3.64. The smallest absolute Gasteiger partial charge is 0.321 e. The highest BCUT2D eigenvalue weighted by Crippen LogP contribution is 2.34. The summed E-state index contributed by atoms with van der Waals surface area (Å²) < 4.78 is 65.9. The van der Waals surface area contributed by atoms with Crippen LogP contribution in [0.25, 0.3) is 0 Å². The van der Waals surface area contributed by atoms with Crippen LogP contribution in [-0.2, 0) is 16.2 Å². The summed E-state index contributed by atoms with van der Waals surface area (Å²) in [5.41, 5.74) is -1.01. The molecule has 5 nitrogen and oxygen atoms in total. The van der Waals surface area contributed by atoms with Gasteiger partial charge in [0.1, 0.15) is 4.21 Å². The number of amides is 1. The van der Waals surface area contributed by atoms with Crippen molar-refractivity contribution in [2.45, 2.75) is 10.4 Å². The average Bonchev–Trinajstić information content (AvgIpc) is 3.17. The maximum Gasteiger partial charge on any atom is 0.418 e. The first kappa shape index (κ1) is 19.9. The number of benzene rings is 2. The number of sulfonamides is 1. The number of carbonyl (C=O) groups excluding carboxylic acids is 1. The first-order chi connectivity index (χ1) is 13.2. The van der Waals surface area contributed by atoms with E-state index in [-0.39, 0.29) is 21.1 Å². The monoisotopic (exact) mass is 426 g/mol. The van der Waals surface area contributed by atoms with Crippen molar-refractivity contribution in [3.8, 4) is 0 Å². The first-order valence-corrected chi connectivity index (χ1v) is 10.2. The van der Waals surface area contributed by atoms with Gasteiger partial charge in [-0.3, -0.25) is 9.52 Å². The number of thiophene rings is 1. The lowest BCUT2D eigenvalue weighted by molar-refractivity contribution is -0.136. The van der Waals surface area contributed by atoms with Gasteiger partial charge >= 0.3 is 6.18 Å². The van der Waals surface area contributed by atoms with Crippen LogP contribution in [0.2, 0.25) is 0 Å². The van der Waals surface area contributed by atoms with Crippen molar-refractivity contribution in [1.29, 1.82) is 0 Å². The quantitative estimate of drug-likeness (QED) is 0.614. The molecule has 10 heteroatoms. The van der Waals surface area contributed by atoms with E-state index < -0.39 is 27.7 Å². The van der Waals surface area contributed by atoms with Crippen molar-refractivity contribution in [3.63, 3.8) is 0 Å². The van der Waals surface area contributed by atoms with Crippen LogP contribution >= 0.6 is 11.3 Å². The van der Waals surface area contributed by atoms with Gasteiger partial charge in [-0.2, -0.15) is 13.2 Å². The van der Waals surface area contributed by atoms with Gasteiger partial charge in [0.05, 0.1) is 11.3 Å². The molecule has 0 aliphatic carbocycles. The summed E-state index contributed by atoms with van der Waals surface area (Å²) in [6.45, 7) is 0. The van der Waals surface area contributed by atoms with Gasteiger partial charge in [0.25, 0.3) is 15.9 Å². The molecule has 0 spiro atoms. The summed E-state index contributed by atoms with van der Waals surface area (Å²) in [6.07, 6.45) is -4.60. The predicted octanol–water partition coefficient (Wildman–Crippen LogP) is 4.82. The summed E-state index contributed by atoms with van der Waals surface area (Å²) in [5, 5.41) is 3.85. The summed E-state index contributed by atoms with van der Waals surface area (Å²) in [4.78, 5) is 12.3. The third-order valence-corrected chi connectivity index (χ3v) is 6.42. The van der Waals surface area contributed by atoms with Gasteiger partial charge < -0.3 is 5.32 Å². The van der Waals surface area contributed by atoms with E-state index in [1.807, 2.05) is 0 Å². The van der Waals surface area contributed by atoms with Gasteiger partial charge in [0.15, 0.2) is 0 Å². The van der Waals surface area contributed by atoms with Crippen LogP contribution in [0.15, 0.2) is 70.3 Å². The van der Waals surface area contributed by atoms with E-state index in [2.05, 4.69) is 10.0 Å². The Balaban J connectivity index is 1.75. The number of anilines is 2. The second kappa shape index (κ2) is 7.64. The van der Waals surface area contributed by atoms with Gasteiger partial charge in [-0.1, -0.05) is 18.2 Å². The number of hydrogen-bond acceptors (Lipinski definition) is 4. The minimum absolute atomic E-state index is 0.0797. The molecule has 1 amide bonds.